The fourth-order valence-electron chi connectivity index (χ4n) is 2.67. The highest BCUT2D eigenvalue weighted by atomic mass is 19.4. The molecule has 1 aromatic carbocycles. The summed E-state index contributed by atoms with van der Waals surface area (Å²) in [7, 11) is 0. The molecule has 2 heterocycles. The van der Waals surface area contributed by atoms with Gasteiger partial charge in [-0.3, -0.25) is 0 Å². The molecule has 124 valence electrons. The first-order chi connectivity index (χ1) is 11.4. The molecule has 9 heteroatoms. The number of H-pyrrole nitrogens is 1. The van der Waals surface area contributed by atoms with E-state index >= 15 is 0 Å². The second-order valence-corrected chi connectivity index (χ2v) is 5.64. The summed E-state index contributed by atoms with van der Waals surface area (Å²) in [5.41, 5.74) is 1.21. The van der Waals surface area contributed by atoms with Gasteiger partial charge in [0.25, 0.3) is 0 Å². The minimum absolute atomic E-state index is 0.0428. The molecule has 1 fully saturated rings. The number of rotatable bonds is 3. The third kappa shape index (κ3) is 2.66. The highest BCUT2D eigenvalue weighted by Gasteiger charge is 2.40. The molecule has 0 aliphatic heterocycles. The molecule has 1 aliphatic rings. The van der Waals surface area contributed by atoms with Crippen molar-refractivity contribution in [3.8, 4) is 0 Å². The van der Waals surface area contributed by atoms with Crippen molar-refractivity contribution in [3.05, 3.63) is 47.8 Å². The van der Waals surface area contributed by atoms with Crippen molar-refractivity contribution >= 4 is 17.0 Å². The van der Waals surface area contributed by atoms with Crippen LogP contribution >= 0.6 is 0 Å². The van der Waals surface area contributed by atoms with Gasteiger partial charge in [0.05, 0.1) is 6.33 Å². The molecule has 2 atom stereocenters. The van der Waals surface area contributed by atoms with Crippen molar-refractivity contribution in [2.24, 2.45) is 0 Å². The van der Waals surface area contributed by atoms with Gasteiger partial charge in [-0.2, -0.15) is 13.2 Å². The Morgan fingerprint density at radius 1 is 1.12 bits per heavy atom. The summed E-state index contributed by atoms with van der Waals surface area (Å²) in [5, 5.41) is 3.00. The van der Waals surface area contributed by atoms with Gasteiger partial charge in [0.15, 0.2) is 11.5 Å². The first-order valence-corrected chi connectivity index (χ1v) is 7.22. The molecule has 4 rings (SSSR count). The van der Waals surface area contributed by atoms with Crippen molar-refractivity contribution in [2.75, 3.05) is 5.32 Å². The molecule has 0 radical (unpaired) electrons. The Kier molecular flexibility index (Phi) is 3.19. The van der Waals surface area contributed by atoms with E-state index in [1.54, 1.807) is 12.1 Å². The van der Waals surface area contributed by atoms with Gasteiger partial charge in [0.1, 0.15) is 11.3 Å². The second kappa shape index (κ2) is 5.15. The summed E-state index contributed by atoms with van der Waals surface area (Å²) in [5.74, 6) is -1.38. The van der Waals surface area contributed by atoms with E-state index in [2.05, 4.69) is 25.3 Å². The summed E-state index contributed by atoms with van der Waals surface area (Å²) in [6.45, 7) is 0. The number of hydrogen-bond acceptors (Lipinski definition) is 4. The van der Waals surface area contributed by atoms with Crippen molar-refractivity contribution in [2.45, 2.75) is 24.6 Å². The van der Waals surface area contributed by atoms with Crippen LogP contribution in [0.25, 0.3) is 11.2 Å². The number of aromatic amines is 1. The number of hydrogen-bond donors (Lipinski definition) is 2. The standard InChI is InChI=1S/C15H11F4N5/c16-8-3-1-7(2-4-8)9-5-10(9)22-13-11-12(21-6-20-11)23-14(24-13)15(17,18)19/h1-4,6,9-10H,5H2,(H2,20,21,22,23,24)/t9-,10+/m0/s1. The number of benzene rings is 1. The molecule has 0 amide bonds. The largest absolute Gasteiger partial charge is 0.451 e. The van der Waals surface area contributed by atoms with Crippen LogP contribution in [0.5, 0.6) is 0 Å². The van der Waals surface area contributed by atoms with Crippen molar-refractivity contribution in [3.63, 3.8) is 0 Å². The number of imidazole rings is 1. The molecular formula is C15H11F4N5. The average molecular weight is 337 g/mol. The average Bonchev–Trinajstić information content (AvgIpc) is 3.11. The Morgan fingerprint density at radius 2 is 1.88 bits per heavy atom. The lowest BCUT2D eigenvalue weighted by atomic mass is 10.1. The van der Waals surface area contributed by atoms with E-state index in [4.69, 9.17) is 0 Å². The Morgan fingerprint density at radius 3 is 2.58 bits per heavy atom. The Hall–Kier alpha value is -2.71. The maximum Gasteiger partial charge on any atom is 0.451 e. The maximum absolute atomic E-state index is 13.0. The topological polar surface area (TPSA) is 66.5 Å². The first-order valence-electron chi connectivity index (χ1n) is 7.22. The number of nitrogens with one attached hydrogen (secondary N) is 2. The van der Waals surface area contributed by atoms with Crippen LogP contribution in [-0.2, 0) is 6.18 Å². The van der Waals surface area contributed by atoms with E-state index < -0.39 is 12.0 Å². The zero-order valence-electron chi connectivity index (χ0n) is 12.1. The van der Waals surface area contributed by atoms with Gasteiger partial charge in [-0.15, -0.1) is 0 Å². The molecule has 0 saturated heterocycles. The molecule has 2 N–H and O–H groups in total. The van der Waals surface area contributed by atoms with Gasteiger partial charge in [0.2, 0.25) is 5.82 Å². The third-order valence-electron chi connectivity index (χ3n) is 3.95. The number of anilines is 1. The summed E-state index contributed by atoms with van der Waals surface area (Å²) >= 11 is 0. The van der Waals surface area contributed by atoms with Crippen LogP contribution in [0.3, 0.4) is 0 Å². The predicted molar refractivity (Wildman–Crippen MR) is 77.9 cm³/mol. The number of alkyl halides is 3. The van der Waals surface area contributed by atoms with Gasteiger partial charge in [-0.25, -0.2) is 19.3 Å². The number of aromatic nitrogens is 4. The molecule has 0 unspecified atom stereocenters. The fourth-order valence-corrected chi connectivity index (χ4v) is 2.67. The SMILES string of the molecule is Fc1ccc([C@@H]2C[C@H]2Nc2nc(C(F)(F)F)nc3nc[nH]c23)cc1. The van der Waals surface area contributed by atoms with Crippen LogP contribution in [0, 0.1) is 5.82 Å². The molecule has 3 aromatic rings. The molecule has 0 spiro atoms. The zero-order chi connectivity index (χ0) is 16.9. The zero-order valence-corrected chi connectivity index (χ0v) is 12.1. The van der Waals surface area contributed by atoms with Crippen LogP contribution in [0.1, 0.15) is 23.7 Å². The quantitative estimate of drug-likeness (QED) is 0.718. The number of nitrogens with zero attached hydrogens (tertiary/aromatic N) is 3. The van der Waals surface area contributed by atoms with Gasteiger partial charge < -0.3 is 10.3 Å². The molecule has 1 saturated carbocycles. The van der Waals surface area contributed by atoms with Crippen LogP contribution in [0.4, 0.5) is 23.4 Å². The van der Waals surface area contributed by atoms with E-state index in [0.717, 1.165) is 12.0 Å². The highest BCUT2D eigenvalue weighted by molar-refractivity contribution is 5.82. The van der Waals surface area contributed by atoms with Crippen molar-refractivity contribution < 1.29 is 17.6 Å². The Bertz CT molecular complexity index is 887. The van der Waals surface area contributed by atoms with Crippen LogP contribution < -0.4 is 5.32 Å². The lowest BCUT2D eigenvalue weighted by molar-refractivity contribution is -0.144. The van der Waals surface area contributed by atoms with Gasteiger partial charge in [-0.1, -0.05) is 12.1 Å². The molecule has 2 aromatic heterocycles. The highest BCUT2D eigenvalue weighted by Crippen LogP contribution is 2.43. The summed E-state index contributed by atoms with van der Waals surface area (Å²) in [6.07, 6.45) is -2.65. The van der Waals surface area contributed by atoms with Crippen molar-refractivity contribution in [1.82, 2.24) is 19.9 Å². The molecule has 24 heavy (non-hydrogen) atoms. The van der Waals surface area contributed by atoms with Gasteiger partial charge >= 0.3 is 6.18 Å². The molecule has 5 nitrogen and oxygen atoms in total. The lowest BCUT2D eigenvalue weighted by Gasteiger charge is -2.10. The molecule has 1 aliphatic carbocycles. The lowest BCUT2D eigenvalue weighted by Crippen LogP contribution is -2.15. The van der Waals surface area contributed by atoms with E-state index in [0.29, 0.717) is 5.52 Å². The fraction of sp³-hybridized carbons (Fsp3) is 0.267. The first kappa shape index (κ1) is 14.9. The van der Waals surface area contributed by atoms with Gasteiger partial charge in [0, 0.05) is 12.0 Å². The van der Waals surface area contributed by atoms with E-state index in [9.17, 15) is 17.6 Å². The molecule has 0 bridgehead atoms. The Labute approximate surface area is 133 Å². The number of fused-ring (bicyclic) bond motifs is 1. The third-order valence-corrected chi connectivity index (χ3v) is 3.95. The predicted octanol–water partition coefficient (Wildman–Crippen LogP) is 3.48. The van der Waals surface area contributed by atoms with E-state index in [1.807, 2.05) is 0 Å². The molecular weight excluding hydrogens is 326 g/mol. The maximum atomic E-state index is 13.0. The summed E-state index contributed by atoms with van der Waals surface area (Å²) in [6, 6.07) is 6.01. The van der Waals surface area contributed by atoms with Crippen LogP contribution in [0.15, 0.2) is 30.6 Å². The van der Waals surface area contributed by atoms with Crippen LogP contribution in [0.2, 0.25) is 0 Å². The van der Waals surface area contributed by atoms with E-state index in [1.165, 1.54) is 18.5 Å². The normalized spacial score (nSPS) is 20.3. The number of halogens is 4. The van der Waals surface area contributed by atoms with Gasteiger partial charge in [-0.05, 0) is 24.1 Å². The minimum Gasteiger partial charge on any atom is -0.365 e. The smallest absolute Gasteiger partial charge is 0.365 e. The summed E-state index contributed by atoms with van der Waals surface area (Å²) < 4.78 is 51.7. The van der Waals surface area contributed by atoms with Crippen molar-refractivity contribution in [1.29, 1.82) is 0 Å². The summed E-state index contributed by atoms with van der Waals surface area (Å²) in [4.78, 5) is 13.5. The minimum atomic E-state index is -4.65. The van der Waals surface area contributed by atoms with E-state index in [-0.39, 0.29) is 29.2 Å². The monoisotopic (exact) mass is 337 g/mol. The Balaban J connectivity index is 1.61. The second-order valence-electron chi connectivity index (χ2n) is 5.64. The van der Waals surface area contributed by atoms with Crippen LogP contribution in [-0.4, -0.2) is 26.0 Å².